The molecular formula is C25H30N2O5. The van der Waals surface area contributed by atoms with Crippen molar-refractivity contribution in [2.24, 2.45) is 11.8 Å². The Kier molecular flexibility index (Phi) is 6.53. The van der Waals surface area contributed by atoms with Crippen LogP contribution in [0.4, 0.5) is 0 Å². The lowest BCUT2D eigenvalue weighted by molar-refractivity contribution is -0.125. The highest BCUT2D eigenvalue weighted by Crippen LogP contribution is 2.42. The molecular weight excluding hydrogens is 408 g/mol. The SMILES string of the molecule is COc1ccc(C(=O)N2CC(C(=O)NCC3CC3)C(c3cccc(OC)c3OC)C2)cc1. The average Bonchev–Trinajstić information content (AvgIpc) is 3.57. The van der Waals surface area contributed by atoms with E-state index in [2.05, 4.69) is 5.32 Å². The van der Waals surface area contributed by atoms with Crippen molar-refractivity contribution in [3.05, 3.63) is 53.6 Å². The maximum Gasteiger partial charge on any atom is 0.253 e. The second-order valence-corrected chi connectivity index (χ2v) is 8.42. The second kappa shape index (κ2) is 9.51. The Hall–Kier alpha value is -3.22. The second-order valence-electron chi connectivity index (χ2n) is 8.42. The molecule has 1 aliphatic carbocycles. The Morgan fingerprint density at radius 2 is 1.72 bits per heavy atom. The van der Waals surface area contributed by atoms with Crippen molar-refractivity contribution >= 4 is 11.8 Å². The van der Waals surface area contributed by atoms with Gasteiger partial charge >= 0.3 is 0 Å². The third kappa shape index (κ3) is 4.52. The van der Waals surface area contributed by atoms with Crippen molar-refractivity contribution in [2.45, 2.75) is 18.8 Å². The Bertz CT molecular complexity index is 971. The average molecular weight is 439 g/mol. The molecule has 4 rings (SSSR count). The minimum Gasteiger partial charge on any atom is -0.497 e. The molecule has 7 heteroatoms. The Morgan fingerprint density at radius 1 is 0.969 bits per heavy atom. The minimum atomic E-state index is -0.364. The first kappa shape index (κ1) is 22.0. The van der Waals surface area contributed by atoms with Crippen LogP contribution in [0.2, 0.25) is 0 Å². The van der Waals surface area contributed by atoms with E-state index < -0.39 is 0 Å². The van der Waals surface area contributed by atoms with Gasteiger partial charge in [-0.15, -0.1) is 0 Å². The van der Waals surface area contributed by atoms with Crippen LogP contribution in [0.15, 0.2) is 42.5 Å². The molecule has 7 nitrogen and oxygen atoms in total. The molecule has 2 fully saturated rings. The zero-order valence-corrected chi connectivity index (χ0v) is 18.8. The van der Waals surface area contributed by atoms with E-state index in [0.717, 1.165) is 5.56 Å². The largest absolute Gasteiger partial charge is 0.497 e. The molecule has 2 atom stereocenters. The number of amides is 2. The lowest BCUT2D eigenvalue weighted by Gasteiger charge is -2.21. The van der Waals surface area contributed by atoms with Crippen LogP contribution in [-0.4, -0.2) is 57.7 Å². The zero-order chi connectivity index (χ0) is 22.7. The summed E-state index contributed by atoms with van der Waals surface area (Å²) in [6, 6.07) is 12.7. The first-order valence-corrected chi connectivity index (χ1v) is 11.0. The highest BCUT2D eigenvalue weighted by Gasteiger charge is 2.42. The van der Waals surface area contributed by atoms with Gasteiger partial charge < -0.3 is 24.4 Å². The van der Waals surface area contributed by atoms with Crippen LogP contribution in [0.1, 0.15) is 34.7 Å². The highest BCUT2D eigenvalue weighted by atomic mass is 16.5. The van der Waals surface area contributed by atoms with Crippen LogP contribution in [-0.2, 0) is 4.79 Å². The van der Waals surface area contributed by atoms with Crippen molar-refractivity contribution < 1.29 is 23.8 Å². The third-order valence-corrected chi connectivity index (χ3v) is 6.38. The summed E-state index contributed by atoms with van der Waals surface area (Å²) < 4.78 is 16.3. The van der Waals surface area contributed by atoms with Gasteiger partial charge in [0.2, 0.25) is 5.91 Å². The number of benzene rings is 2. The third-order valence-electron chi connectivity index (χ3n) is 6.38. The number of para-hydroxylation sites is 1. The molecule has 2 aromatic carbocycles. The van der Waals surface area contributed by atoms with Gasteiger partial charge in [-0.3, -0.25) is 9.59 Å². The summed E-state index contributed by atoms with van der Waals surface area (Å²) in [6.07, 6.45) is 2.33. The van der Waals surface area contributed by atoms with Gasteiger partial charge in [0.05, 0.1) is 27.2 Å². The molecule has 1 N–H and O–H groups in total. The van der Waals surface area contributed by atoms with Gasteiger partial charge in [0.25, 0.3) is 5.91 Å². The standard InChI is InChI=1S/C25H30N2O5/c1-30-18-11-9-17(10-12-18)25(29)27-14-20(19-5-4-6-22(31-2)23(19)32-3)21(15-27)24(28)26-13-16-7-8-16/h4-6,9-12,16,20-21H,7-8,13-15H2,1-3H3,(H,26,28). The molecule has 2 aliphatic rings. The first-order chi connectivity index (χ1) is 15.5. The molecule has 0 radical (unpaired) electrons. The van der Waals surface area contributed by atoms with Gasteiger partial charge in [0.15, 0.2) is 11.5 Å². The van der Waals surface area contributed by atoms with E-state index in [4.69, 9.17) is 14.2 Å². The quantitative estimate of drug-likeness (QED) is 0.685. The lowest BCUT2D eigenvalue weighted by atomic mass is 9.87. The van der Waals surface area contributed by atoms with E-state index in [1.807, 2.05) is 18.2 Å². The molecule has 1 aliphatic heterocycles. The molecule has 2 amide bonds. The molecule has 0 aromatic heterocycles. The van der Waals surface area contributed by atoms with E-state index >= 15 is 0 Å². The van der Waals surface area contributed by atoms with Crippen molar-refractivity contribution in [3.63, 3.8) is 0 Å². The first-order valence-electron chi connectivity index (χ1n) is 11.0. The summed E-state index contributed by atoms with van der Waals surface area (Å²) in [5.74, 6) is 1.83. The Labute approximate surface area is 188 Å². The van der Waals surface area contributed by atoms with Gasteiger partial charge in [-0.2, -0.15) is 0 Å². The van der Waals surface area contributed by atoms with Crippen molar-refractivity contribution in [1.29, 1.82) is 0 Å². The van der Waals surface area contributed by atoms with E-state index in [9.17, 15) is 9.59 Å². The van der Waals surface area contributed by atoms with Crippen LogP contribution < -0.4 is 19.5 Å². The Balaban J connectivity index is 1.61. The van der Waals surface area contributed by atoms with E-state index in [1.54, 1.807) is 50.5 Å². The van der Waals surface area contributed by atoms with E-state index in [0.29, 0.717) is 48.4 Å². The molecule has 32 heavy (non-hydrogen) atoms. The summed E-state index contributed by atoms with van der Waals surface area (Å²) in [7, 11) is 4.78. The molecule has 1 heterocycles. The van der Waals surface area contributed by atoms with Crippen LogP contribution in [0.3, 0.4) is 0 Å². The molecule has 170 valence electrons. The Morgan fingerprint density at radius 3 is 2.34 bits per heavy atom. The number of hydrogen-bond acceptors (Lipinski definition) is 5. The van der Waals surface area contributed by atoms with E-state index in [1.165, 1.54) is 12.8 Å². The van der Waals surface area contributed by atoms with Gasteiger partial charge in [-0.1, -0.05) is 12.1 Å². The maximum absolute atomic E-state index is 13.2. The fourth-order valence-electron chi connectivity index (χ4n) is 4.37. The number of rotatable bonds is 8. The number of carbonyl (C=O) groups is 2. The van der Waals surface area contributed by atoms with Gasteiger partial charge in [-0.05, 0) is 49.1 Å². The number of ether oxygens (including phenoxy) is 3. The van der Waals surface area contributed by atoms with E-state index in [-0.39, 0.29) is 23.7 Å². The fraction of sp³-hybridized carbons (Fsp3) is 0.440. The van der Waals surface area contributed by atoms with Gasteiger partial charge in [0.1, 0.15) is 5.75 Å². The van der Waals surface area contributed by atoms with Crippen LogP contribution in [0.25, 0.3) is 0 Å². The number of carbonyl (C=O) groups excluding carboxylic acids is 2. The fourth-order valence-corrected chi connectivity index (χ4v) is 4.37. The summed E-state index contributed by atoms with van der Waals surface area (Å²) in [6.45, 7) is 1.48. The molecule has 0 bridgehead atoms. The summed E-state index contributed by atoms with van der Waals surface area (Å²) >= 11 is 0. The minimum absolute atomic E-state index is 0.0168. The normalized spacial score (nSPS) is 20.0. The summed E-state index contributed by atoms with van der Waals surface area (Å²) in [5.41, 5.74) is 1.45. The molecule has 0 spiro atoms. The van der Waals surface area contributed by atoms with Crippen LogP contribution >= 0.6 is 0 Å². The number of likely N-dealkylation sites (tertiary alicyclic amines) is 1. The number of nitrogens with one attached hydrogen (secondary N) is 1. The summed E-state index contributed by atoms with van der Waals surface area (Å²) in [4.78, 5) is 28.2. The molecule has 2 unspecified atom stereocenters. The summed E-state index contributed by atoms with van der Waals surface area (Å²) in [5, 5.41) is 3.10. The monoisotopic (exact) mass is 438 g/mol. The predicted molar refractivity (Wildman–Crippen MR) is 120 cm³/mol. The lowest BCUT2D eigenvalue weighted by Crippen LogP contribution is -2.36. The number of hydrogen-bond donors (Lipinski definition) is 1. The molecule has 1 saturated carbocycles. The van der Waals surface area contributed by atoms with Crippen molar-refractivity contribution in [2.75, 3.05) is 41.0 Å². The van der Waals surface area contributed by atoms with Gasteiger partial charge in [0, 0.05) is 36.7 Å². The number of nitrogens with zero attached hydrogens (tertiary/aromatic N) is 1. The highest BCUT2D eigenvalue weighted by molar-refractivity contribution is 5.95. The van der Waals surface area contributed by atoms with Crippen LogP contribution in [0.5, 0.6) is 17.2 Å². The van der Waals surface area contributed by atoms with Crippen LogP contribution in [0, 0.1) is 11.8 Å². The maximum atomic E-state index is 13.2. The predicted octanol–water partition coefficient (Wildman–Crippen LogP) is 3.09. The molecule has 1 saturated heterocycles. The molecule has 2 aromatic rings. The zero-order valence-electron chi connectivity index (χ0n) is 18.8. The number of methoxy groups -OCH3 is 3. The topological polar surface area (TPSA) is 77.1 Å². The smallest absolute Gasteiger partial charge is 0.253 e. The van der Waals surface area contributed by atoms with Gasteiger partial charge in [-0.25, -0.2) is 0 Å². The van der Waals surface area contributed by atoms with Crippen molar-refractivity contribution in [3.8, 4) is 17.2 Å². The van der Waals surface area contributed by atoms with Crippen molar-refractivity contribution in [1.82, 2.24) is 10.2 Å².